The number of carboxylic acids is 1. The molecule has 2 N–H and O–H groups in total. The molecule has 247 valence electrons. The number of carbonyl (C=O) groups is 1. The molecule has 0 fully saturated rings. The van der Waals surface area contributed by atoms with E-state index in [4.69, 9.17) is 15.0 Å². The molecule has 4 nitrogen and oxygen atoms in total. The first-order chi connectivity index (χ1) is 19.1. The number of hydrogen-bond donors (Lipinski definition) is 3. The van der Waals surface area contributed by atoms with Crippen molar-refractivity contribution in [2.75, 3.05) is 7.11 Å². The van der Waals surface area contributed by atoms with Crippen molar-refractivity contribution in [1.29, 1.82) is 0 Å². The quantitative estimate of drug-likeness (QED) is 0.109. The molecule has 0 saturated heterocycles. The molecule has 0 atom stereocenters. The monoisotopic (exact) mass is 902 g/mol. The van der Waals surface area contributed by atoms with E-state index in [-0.39, 0.29) is 54.9 Å². The van der Waals surface area contributed by atoms with Gasteiger partial charge in [0.25, 0.3) is 5.97 Å². The maximum Gasteiger partial charge on any atom is 2.00 e. The number of nitrogens with zero attached hydrogens (tertiary/aromatic N) is 1. The van der Waals surface area contributed by atoms with Crippen LogP contribution >= 0.6 is 90.0 Å². The summed E-state index contributed by atoms with van der Waals surface area (Å²) in [7, 11) is 5.34. The molecule has 1 radical (unpaired) electrons. The average Bonchev–Trinajstić information content (AvgIpc) is 3.75. The zero-order chi connectivity index (χ0) is 31.3. The molecule has 0 aliphatic heterocycles. The number of carboxylic acid groups (broad SMARTS) is 1. The van der Waals surface area contributed by atoms with Crippen LogP contribution in [0, 0.1) is 14.4 Å². The molecule has 14 heteroatoms. The number of hydrogen-bond acceptors (Lipinski definition) is 8. The molecule has 4 aromatic heterocycles. The first-order valence-corrected chi connectivity index (χ1v) is 17.7. The number of halogens is 3. The van der Waals surface area contributed by atoms with E-state index in [0.717, 1.165) is 26.9 Å². The van der Waals surface area contributed by atoms with Crippen LogP contribution in [-0.4, -0.2) is 54.0 Å². The maximum absolute atomic E-state index is 9.00. The summed E-state index contributed by atoms with van der Waals surface area (Å²) in [5, 5.41) is 20.8. The Morgan fingerprint density at radius 3 is 1.50 bits per heavy atom. The first kappa shape index (κ1) is 60.0. The second-order valence-corrected chi connectivity index (χ2v) is 13.9. The van der Waals surface area contributed by atoms with Gasteiger partial charge in [0, 0.05) is 43.4 Å². The van der Waals surface area contributed by atoms with Gasteiger partial charge in [0.1, 0.15) is 0 Å². The normalized spacial score (nSPS) is 7.77. The van der Waals surface area contributed by atoms with Crippen molar-refractivity contribution in [3.05, 3.63) is 93.3 Å². The molecular weight excluding hydrogens is 857 g/mol. The molecule has 44 heavy (non-hydrogen) atoms. The number of aryl methyl sites for hydroxylation is 5. The molecule has 4 heterocycles. The predicted molar refractivity (Wildman–Crippen MR) is 212 cm³/mol. The Kier molecular flexibility index (Phi) is 59.5. The van der Waals surface area contributed by atoms with Gasteiger partial charge in [-0.15, -0.1) is 45.3 Å². The molecule has 0 aliphatic carbocycles. The van der Waals surface area contributed by atoms with Gasteiger partial charge in [0.05, 0.1) is 3.79 Å². The number of aliphatic hydroxyl groups excluding tert-OH is 1. The van der Waals surface area contributed by atoms with E-state index in [1.54, 1.807) is 22.7 Å². The predicted octanol–water partition coefficient (Wildman–Crippen LogP) is 8.67. The Morgan fingerprint density at radius 2 is 1.32 bits per heavy atom. The molecule has 0 spiro atoms. The summed E-state index contributed by atoms with van der Waals surface area (Å²) in [6, 6.07) is 12.9. The van der Waals surface area contributed by atoms with E-state index in [1.165, 1.54) is 46.2 Å². The third-order valence-electron chi connectivity index (χ3n) is 4.01. The Morgan fingerprint density at radius 1 is 0.886 bits per heavy atom. The number of thiophene rings is 4. The molecule has 4 rings (SSSR count). The van der Waals surface area contributed by atoms with E-state index < -0.39 is 5.97 Å². The Hall–Kier alpha value is 0.651. The van der Waals surface area contributed by atoms with Crippen LogP contribution in [0.1, 0.15) is 67.1 Å². The molecule has 0 aromatic carbocycles. The van der Waals surface area contributed by atoms with Gasteiger partial charge in [0.15, 0.2) is 0 Å². The minimum absolute atomic E-state index is 0. The summed E-state index contributed by atoms with van der Waals surface area (Å²) < 4.78 is 5.13. The first-order valence-electron chi connectivity index (χ1n) is 12.3. The zero-order valence-electron chi connectivity index (χ0n) is 26.3. The molecule has 0 bridgehead atoms. The maximum atomic E-state index is 9.00. The molecule has 4 aromatic rings. The van der Waals surface area contributed by atoms with Crippen molar-refractivity contribution < 1.29 is 32.0 Å². The number of thiol groups is 1. The fraction of sp³-hybridized carbons (Fsp3) is 0.400. The van der Waals surface area contributed by atoms with Crippen molar-refractivity contribution in [3.63, 3.8) is 0 Å². The summed E-state index contributed by atoms with van der Waals surface area (Å²) in [4.78, 5) is 14.8. The van der Waals surface area contributed by atoms with Gasteiger partial charge in [-0.1, -0.05) is 41.2 Å². The van der Waals surface area contributed by atoms with Gasteiger partial charge in [-0.05, 0) is 111 Å². The number of rotatable bonds is 4. The summed E-state index contributed by atoms with van der Waals surface area (Å²) in [6.45, 7) is 11.9. The van der Waals surface area contributed by atoms with Gasteiger partial charge < -0.3 is 34.6 Å². The minimum Gasteiger partial charge on any atom is -1.00 e. The van der Waals surface area contributed by atoms with Crippen molar-refractivity contribution in [2.45, 2.75) is 74.7 Å². The van der Waals surface area contributed by atoms with Crippen molar-refractivity contribution in [2.24, 2.45) is 4.30 Å². The van der Waals surface area contributed by atoms with Crippen LogP contribution in [0.4, 0.5) is 0 Å². The second kappa shape index (κ2) is 43.7. The summed E-state index contributed by atoms with van der Waals surface area (Å²) in [5.74, 6) is -0.833. The van der Waals surface area contributed by atoms with Crippen LogP contribution in [0.15, 0.2) is 65.1 Å². The van der Waals surface area contributed by atoms with Gasteiger partial charge in [0.2, 0.25) is 0 Å². The third kappa shape index (κ3) is 40.7. The fourth-order valence-corrected chi connectivity index (χ4v) is 6.58. The molecular formula is C30H48BBr3MgNO3S5. The molecule has 0 amide bonds. The fourth-order valence-electron chi connectivity index (χ4n) is 2.27. The van der Waals surface area contributed by atoms with Crippen LogP contribution in [-0.2, 0) is 30.5 Å². The number of aliphatic hydroxyl groups is 1. The van der Waals surface area contributed by atoms with Gasteiger partial charge in [-0.3, -0.25) is 4.79 Å². The minimum atomic E-state index is -0.833. The Bertz CT molecular complexity index is 1010. The summed E-state index contributed by atoms with van der Waals surface area (Å²) in [5.41, 5.74) is 1.40. The molecule has 0 unspecified atom stereocenters. The van der Waals surface area contributed by atoms with E-state index in [2.05, 4.69) is 144 Å². The van der Waals surface area contributed by atoms with Gasteiger partial charge >= 0.3 is 47.8 Å². The van der Waals surface area contributed by atoms with E-state index >= 15 is 0 Å². The van der Waals surface area contributed by atoms with E-state index in [1.807, 2.05) is 22.7 Å². The van der Waals surface area contributed by atoms with Crippen molar-refractivity contribution >= 4 is 127 Å². The van der Waals surface area contributed by atoms with Crippen LogP contribution in [0.3, 0.4) is 0 Å². The van der Waals surface area contributed by atoms with Crippen LogP contribution in [0.5, 0.6) is 0 Å². The van der Waals surface area contributed by atoms with Crippen LogP contribution in [0.25, 0.3) is 0 Å². The van der Waals surface area contributed by atoms with Gasteiger partial charge in [-0.25, -0.2) is 0 Å². The largest absolute Gasteiger partial charge is 2.00 e. The van der Waals surface area contributed by atoms with Crippen molar-refractivity contribution in [3.8, 4) is 0 Å². The Balaban J connectivity index is -0.0000000743. The van der Waals surface area contributed by atoms with Crippen LogP contribution < -0.4 is 17.0 Å². The standard InChI is InChI=1S/C7H10S.2C6H7BrS.C6H8S.C2H4O2.CH4O.CH4.CH3.BHNS.BrH.Mg/c1-3-7-4-6(2)5-8-7;1-2-6-3-5(7)4-8-6;1-2-5-3-4-6(7)8-5;1-2-6-4-3-5-7-6;1-2(3)4;1-2;;;1-2-3;;/h4-5H,3H2,1-2H3;2*3-4H,2H2,1H3;3-5H,2H2,1H3;1H3,(H,3,4);2H,1H3;1H4;1H3;3H;1H;/q;;;;;;;-1;;;+2/p-1. The smallest absolute Gasteiger partial charge is 1.00 e. The molecule has 0 saturated carbocycles. The van der Waals surface area contributed by atoms with Crippen molar-refractivity contribution in [1.82, 2.24) is 0 Å². The molecule has 0 aliphatic rings. The average molecular weight is 906 g/mol. The zero-order valence-corrected chi connectivity index (χ0v) is 36.6. The topological polar surface area (TPSA) is 69.9 Å². The van der Waals surface area contributed by atoms with E-state index in [9.17, 15) is 0 Å². The van der Waals surface area contributed by atoms with E-state index in [0.29, 0.717) is 0 Å². The number of aliphatic carboxylic acids is 1. The summed E-state index contributed by atoms with van der Waals surface area (Å²) in [6.07, 6.45) is 4.66. The second-order valence-electron chi connectivity index (χ2n) is 7.16. The third-order valence-corrected chi connectivity index (χ3v) is 9.84. The SMILES string of the molecule is C.CC(=O)O.CCc1cc(Br)cs1.CCc1cc(C)cs1.CCc1ccc(Br)s1.CCc1cccs1.CO.[B]=NS.[Br-].[CH3-].[Mg+2]. The summed E-state index contributed by atoms with van der Waals surface area (Å²) >= 11 is 17.2. The van der Waals surface area contributed by atoms with Crippen LogP contribution in [0.2, 0.25) is 0 Å². The van der Waals surface area contributed by atoms with Gasteiger partial charge in [-0.2, -0.15) is 0 Å². The Labute approximate surface area is 334 Å².